The molecule has 1 unspecified atom stereocenters. The van der Waals surface area contributed by atoms with Gasteiger partial charge in [0.25, 0.3) is 0 Å². The standard InChI is InChI=1S/C24H24F3N7S/c25-24(26,27)10-19-9-20-21(29-15-30-22(20)35-19)33-8-6-23(13-33)5-7-32(12-23)11-17-1-3-18(4-2-17)34-16-28-14-31-34/h1-4,9,14-16H,5-8,10-13H2. The van der Waals surface area contributed by atoms with E-state index in [0.717, 1.165) is 73.8 Å². The van der Waals surface area contributed by atoms with E-state index in [4.69, 9.17) is 0 Å². The zero-order valence-electron chi connectivity index (χ0n) is 18.9. The van der Waals surface area contributed by atoms with Crippen LogP contribution in [-0.4, -0.2) is 62.0 Å². The Bertz CT molecular complexity index is 1320. The third kappa shape index (κ3) is 4.62. The molecule has 2 aliphatic rings. The van der Waals surface area contributed by atoms with Crippen molar-refractivity contribution < 1.29 is 13.2 Å². The van der Waals surface area contributed by atoms with Crippen LogP contribution in [0.15, 0.2) is 49.3 Å². The molecule has 2 aliphatic heterocycles. The maximum atomic E-state index is 12.9. The number of likely N-dealkylation sites (tertiary alicyclic amines) is 1. The van der Waals surface area contributed by atoms with Gasteiger partial charge in [-0.05, 0) is 43.1 Å². The van der Waals surface area contributed by atoms with Crippen molar-refractivity contribution in [2.45, 2.75) is 32.0 Å². The zero-order chi connectivity index (χ0) is 24.0. The second-order valence-electron chi connectivity index (χ2n) is 9.56. The monoisotopic (exact) mass is 499 g/mol. The Balaban J connectivity index is 1.13. The summed E-state index contributed by atoms with van der Waals surface area (Å²) in [7, 11) is 0. The molecule has 2 saturated heterocycles. The van der Waals surface area contributed by atoms with Gasteiger partial charge >= 0.3 is 6.18 Å². The molecule has 11 heteroatoms. The molecule has 7 nitrogen and oxygen atoms in total. The van der Waals surface area contributed by atoms with Gasteiger partial charge in [0.05, 0.1) is 17.5 Å². The molecule has 0 amide bonds. The van der Waals surface area contributed by atoms with E-state index in [-0.39, 0.29) is 10.3 Å². The Labute approximate surface area is 204 Å². The summed E-state index contributed by atoms with van der Waals surface area (Å²) in [4.78, 5) is 18.3. The minimum atomic E-state index is -4.23. The molecule has 182 valence electrons. The van der Waals surface area contributed by atoms with Gasteiger partial charge in [0, 0.05) is 36.5 Å². The average Bonchev–Trinajstić information content (AvgIpc) is 3.61. The predicted octanol–water partition coefficient (Wildman–Crippen LogP) is 4.48. The average molecular weight is 500 g/mol. The molecule has 6 rings (SSSR count). The molecule has 0 saturated carbocycles. The van der Waals surface area contributed by atoms with Gasteiger partial charge in [0.15, 0.2) is 0 Å². The van der Waals surface area contributed by atoms with Crippen molar-refractivity contribution in [1.29, 1.82) is 0 Å². The molecule has 1 spiro atoms. The van der Waals surface area contributed by atoms with Crippen LogP contribution in [0.25, 0.3) is 15.9 Å². The first-order chi connectivity index (χ1) is 16.9. The molecule has 5 heterocycles. The van der Waals surface area contributed by atoms with E-state index in [1.807, 2.05) is 0 Å². The smallest absolute Gasteiger partial charge is 0.355 e. The summed E-state index contributed by atoms with van der Waals surface area (Å²) in [6.45, 7) is 4.66. The Morgan fingerprint density at radius 1 is 1.00 bits per heavy atom. The van der Waals surface area contributed by atoms with Gasteiger partial charge in [-0.25, -0.2) is 19.6 Å². The molecule has 3 aromatic heterocycles. The Morgan fingerprint density at radius 3 is 2.60 bits per heavy atom. The molecule has 4 aromatic rings. The van der Waals surface area contributed by atoms with Gasteiger partial charge < -0.3 is 4.90 Å². The topological polar surface area (TPSA) is 63.0 Å². The number of thiophene rings is 1. The van der Waals surface area contributed by atoms with Crippen LogP contribution in [0.1, 0.15) is 23.3 Å². The fourth-order valence-electron chi connectivity index (χ4n) is 5.40. The molecule has 0 bridgehead atoms. The van der Waals surface area contributed by atoms with Crippen LogP contribution in [0.5, 0.6) is 0 Å². The van der Waals surface area contributed by atoms with Gasteiger partial charge in [-0.2, -0.15) is 18.3 Å². The maximum absolute atomic E-state index is 12.9. The fourth-order valence-corrected chi connectivity index (χ4v) is 6.42. The van der Waals surface area contributed by atoms with Gasteiger partial charge in [-0.1, -0.05) is 12.1 Å². The van der Waals surface area contributed by atoms with Crippen LogP contribution in [0, 0.1) is 5.41 Å². The van der Waals surface area contributed by atoms with Crippen LogP contribution < -0.4 is 4.90 Å². The van der Waals surface area contributed by atoms with Crippen LogP contribution >= 0.6 is 11.3 Å². The summed E-state index contributed by atoms with van der Waals surface area (Å²) in [5, 5.41) is 4.90. The number of hydrogen-bond donors (Lipinski definition) is 0. The lowest BCUT2D eigenvalue weighted by Gasteiger charge is -2.25. The second-order valence-corrected chi connectivity index (χ2v) is 10.7. The van der Waals surface area contributed by atoms with Crippen molar-refractivity contribution >= 4 is 27.4 Å². The quantitative estimate of drug-likeness (QED) is 0.404. The molecular formula is C24H24F3N7S. The normalized spacial score (nSPS) is 21.1. The fraction of sp³-hybridized carbons (Fsp3) is 0.417. The molecule has 0 radical (unpaired) electrons. The summed E-state index contributed by atoms with van der Waals surface area (Å²) in [5.74, 6) is 0.763. The van der Waals surface area contributed by atoms with Gasteiger partial charge in [-0.3, -0.25) is 4.90 Å². The van der Waals surface area contributed by atoms with E-state index in [0.29, 0.717) is 4.83 Å². The lowest BCUT2D eigenvalue weighted by Crippen LogP contribution is -2.31. The number of nitrogens with zero attached hydrogens (tertiary/aromatic N) is 7. The van der Waals surface area contributed by atoms with E-state index < -0.39 is 12.6 Å². The van der Waals surface area contributed by atoms with Gasteiger partial charge in [0.1, 0.15) is 29.6 Å². The number of halogens is 3. The highest BCUT2D eigenvalue weighted by Crippen LogP contribution is 2.43. The number of anilines is 1. The molecule has 35 heavy (non-hydrogen) atoms. The third-order valence-electron chi connectivity index (χ3n) is 7.02. The summed E-state index contributed by atoms with van der Waals surface area (Å²) in [6, 6.07) is 10.0. The highest BCUT2D eigenvalue weighted by Gasteiger charge is 2.44. The van der Waals surface area contributed by atoms with E-state index in [1.54, 1.807) is 17.1 Å². The first-order valence-electron chi connectivity index (χ1n) is 11.6. The van der Waals surface area contributed by atoms with Crippen molar-refractivity contribution in [3.05, 3.63) is 59.8 Å². The lowest BCUT2D eigenvalue weighted by molar-refractivity contribution is -0.126. The van der Waals surface area contributed by atoms with Crippen LogP contribution in [0.2, 0.25) is 0 Å². The summed E-state index contributed by atoms with van der Waals surface area (Å²) in [6.07, 6.45) is 1.69. The van der Waals surface area contributed by atoms with Crippen molar-refractivity contribution in [1.82, 2.24) is 29.6 Å². The number of benzene rings is 1. The third-order valence-corrected chi connectivity index (χ3v) is 8.06. The Morgan fingerprint density at radius 2 is 1.83 bits per heavy atom. The van der Waals surface area contributed by atoms with Gasteiger partial charge in [0.2, 0.25) is 0 Å². The first kappa shape index (κ1) is 22.4. The van der Waals surface area contributed by atoms with Crippen LogP contribution in [0.4, 0.5) is 19.0 Å². The summed E-state index contributed by atoms with van der Waals surface area (Å²) < 4.78 is 40.4. The molecule has 0 aliphatic carbocycles. The summed E-state index contributed by atoms with van der Waals surface area (Å²) >= 11 is 1.11. The number of alkyl halides is 3. The number of aromatic nitrogens is 5. The van der Waals surface area contributed by atoms with Crippen molar-refractivity contribution in [3.8, 4) is 5.69 Å². The zero-order valence-corrected chi connectivity index (χ0v) is 19.8. The predicted molar refractivity (Wildman–Crippen MR) is 128 cm³/mol. The highest BCUT2D eigenvalue weighted by atomic mass is 32.1. The minimum Gasteiger partial charge on any atom is -0.355 e. The molecular weight excluding hydrogens is 475 g/mol. The van der Waals surface area contributed by atoms with Crippen LogP contribution in [-0.2, 0) is 13.0 Å². The maximum Gasteiger partial charge on any atom is 0.393 e. The number of fused-ring (bicyclic) bond motifs is 1. The van der Waals surface area contributed by atoms with E-state index in [2.05, 4.69) is 54.1 Å². The largest absolute Gasteiger partial charge is 0.393 e. The molecule has 1 atom stereocenters. The van der Waals surface area contributed by atoms with Crippen molar-refractivity contribution in [2.75, 3.05) is 31.1 Å². The lowest BCUT2D eigenvalue weighted by atomic mass is 9.86. The van der Waals surface area contributed by atoms with Gasteiger partial charge in [-0.15, -0.1) is 11.3 Å². The van der Waals surface area contributed by atoms with E-state index in [1.165, 1.54) is 18.2 Å². The highest BCUT2D eigenvalue weighted by molar-refractivity contribution is 7.18. The first-order valence-corrected chi connectivity index (χ1v) is 12.4. The second kappa shape index (κ2) is 8.56. The van der Waals surface area contributed by atoms with E-state index in [9.17, 15) is 13.2 Å². The molecule has 0 N–H and O–H groups in total. The Hall–Kier alpha value is -3.05. The number of hydrogen-bond acceptors (Lipinski definition) is 7. The molecule has 1 aromatic carbocycles. The Kier molecular flexibility index (Phi) is 5.48. The minimum absolute atomic E-state index is 0.183. The van der Waals surface area contributed by atoms with Crippen molar-refractivity contribution in [2.24, 2.45) is 5.41 Å². The van der Waals surface area contributed by atoms with Crippen LogP contribution in [0.3, 0.4) is 0 Å². The van der Waals surface area contributed by atoms with E-state index >= 15 is 0 Å². The number of rotatable bonds is 5. The summed E-state index contributed by atoms with van der Waals surface area (Å²) in [5.41, 5.74) is 2.43. The molecule has 2 fully saturated rings. The SMILES string of the molecule is FC(F)(F)Cc1cc2c(N3CCC4(CCN(Cc5ccc(-n6cncn6)cc5)C4)C3)ncnc2s1. The van der Waals surface area contributed by atoms with Crippen molar-refractivity contribution in [3.63, 3.8) is 0 Å².